The Bertz CT molecular complexity index is 2480. The van der Waals surface area contributed by atoms with E-state index in [2.05, 4.69) is 84.9 Å². The lowest BCUT2D eigenvalue weighted by Gasteiger charge is -2.12. The maximum Gasteiger partial charge on any atom is 0.164 e. The van der Waals surface area contributed by atoms with Crippen LogP contribution in [0.2, 0.25) is 0 Å². The molecule has 0 spiro atoms. The molecule has 0 aliphatic carbocycles. The molecule has 0 amide bonds. The van der Waals surface area contributed by atoms with Gasteiger partial charge >= 0.3 is 0 Å². The first kappa shape index (κ1) is 25.7. The summed E-state index contributed by atoms with van der Waals surface area (Å²) in [6.07, 6.45) is 0. The second kappa shape index (κ2) is 10.4. The Hall–Kier alpha value is -5.78. The van der Waals surface area contributed by atoms with E-state index in [0.717, 1.165) is 38.9 Å². The standard InChI is InChI=1S/C40H24N4S/c1-3-12-25(13-4-1)38-42-39(26-14-5-2-6-15-26)44-40(43-38)28-17-11-16-27(24-28)36-32-23-22-30-29-18-8-10-21-34(29)45-37(30)35(32)31-19-7-9-20-33(31)41-36/h1-24H. The maximum atomic E-state index is 5.25. The molecule has 0 N–H and O–H groups in total. The third-order valence-electron chi connectivity index (χ3n) is 8.30. The summed E-state index contributed by atoms with van der Waals surface area (Å²) in [7, 11) is 0. The Morgan fingerprint density at radius 1 is 0.378 bits per heavy atom. The second-order valence-electron chi connectivity index (χ2n) is 11.1. The Balaban J connectivity index is 1.27. The molecular formula is C40H24N4S. The molecule has 210 valence electrons. The highest BCUT2D eigenvalue weighted by Crippen LogP contribution is 2.43. The summed E-state index contributed by atoms with van der Waals surface area (Å²) in [5.74, 6) is 1.92. The molecule has 0 bridgehead atoms. The van der Waals surface area contributed by atoms with Crippen LogP contribution in [0.4, 0.5) is 0 Å². The van der Waals surface area contributed by atoms with Gasteiger partial charge in [-0.1, -0.05) is 127 Å². The largest absolute Gasteiger partial charge is 0.247 e. The van der Waals surface area contributed by atoms with E-state index in [-0.39, 0.29) is 0 Å². The van der Waals surface area contributed by atoms with E-state index in [4.69, 9.17) is 19.9 Å². The van der Waals surface area contributed by atoms with Crippen molar-refractivity contribution in [3.8, 4) is 45.4 Å². The zero-order chi connectivity index (χ0) is 29.7. The van der Waals surface area contributed by atoms with Crippen LogP contribution in [-0.2, 0) is 0 Å². The Kier molecular flexibility index (Phi) is 5.96. The molecule has 0 aliphatic heterocycles. The smallest absolute Gasteiger partial charge is 0.164 e. The summed E-state index contributed by atoms with van der Waals surface area (Å²) in [5.41, 5.74) is 5.76. The third kappa shape index (κ3) is 4.36. The molecule has 5 heteroatoms. The molecule has 0 aliphatic rings. The number of para-hydroxylation sites is 1. The lowest BCUT2D eigenvalue weighted by atomic mass is 9.97. The summed E-state index contributed by atoms with van der Waals surface area (Å²) in [4.78, 5) is 20.1. The fourth-order valence-electron chi connectivity index (χ4n) is 6.18. The van der Waals surface area contributed by atoms with Crippen molar-refractivity contribution in [3.05, 3.63) is 146 Å². The van der Waals surface area contributed by atoms with Gasteiger partial charge in [-0.15, -0.1) is 11.3 Å². The molecule has 9 aromatic rings. The number of fused-ring (bicyclic) bond motifs is 7. The van der Waals surface area contributed by atoms with Crippen molar-refractivity contribution in [2.75, 3.05) is 0 Å². The van der Waals surface area contributed by atoms with Crippen LogP contribution in [-0.4, -0.2) is 19.9 Å². The van der Waals surface area contributed by atoms with E-state index in [9.17, 15) is 0 Å². The molecule has 0 saturated heterocycles. The molecule has 3 aromatic heterocycles. The molecule has 45 heavy (non-hydrogen) atoms. The lowest BCUT2D eigenvalue weighted by molar-refractivity contribution is 1.07. The van der Waals surface area contributed by atoms with Crippen LogP contribution in [0.3, 0.4) is 0 Å². The molecule has 9 rings (SSSR count). The first-order valence-corrected chi connectivity index (χ1v) is 15.7. The first-order chi connectivity index (χ1) is 22.3. The SMILES string of the molecule is c1ccc(-c2nc(-c3ccccc3)nc(-c3cccc(-c4nc5ccccc5c5c4ccc4c6ccccc6sc45)c3)n2)cc1. The van der Waals surface area contributed by atoms with E-state index in [0.29, 0.717) is 17.5 Å². The number of hydrogen-bond donors (Lipinski definition) is 0. The highest BCUT2D eigenvalue weighted by Gasteiger charge is 2.17. The second-order valence-corrected chi connectivity index (χ2v) is 12.1. The monoisotopic (exact) mass is 592 g/mol. The van der Waals surface area contributed by atoms with Crippen LogP contribution in [0.15, 0.2) is 146 Å². The molecule has 0 atom stereocenters. The number of benzene rings is 6. The van der Waals surface area contributed by atoms with E-state index in [1.165, 1.54) is 30.9 Å². The molecule has 0 saturated carbocycles. The van der Waals surface area contributed by atoms with Gasteiger partial charge < -0.3 is 0 Å². The molecule has 0 fully saturated rings. The van der Waals surface area contributed by atoms with Gasteiger partial charge in [0.15, 0.2) is 17.5 Å². The van der Waals surface area contributed by atoms with Crippen molar-refractivity contribution in [1.29, 1.82) is 0 Å². The van der Waals surface area contributed by atoms with Gasteiger partial charge in [-0.25, -0.2) is 19.9 Å². The normalized spacial score (nSPS) is 11.6. The highest BCUT2D eigenvalue weighted by molar-refractivity contribution is 7.26. The van der Waals surface area contributed by atoms with Gasteiger partial charge in [-0.3, -0.25) is 0 Å². The van der Waals surface area contributed by atoms with Crippen molar-refractivity contribution < 1.29 is 0 Å². The highest BCUT2D eigenvalue weighted by atomic mass is 32.1. The number of aromatic nitrogens is 4. The van der Waals surface area contributed by atoms with Crippen molar-refractivity contribution in [2.24, 2.45) is 0 Å². The number of pyridine rings is 1. The van der Waals surface area contributed by atoms with E-state index in [1.807, 2.05) is 72.0 Å². The van der Waals surface area contributed by atoms with Crippen LogP contribution in [0.25, 0.3) is 87.3 Å². The number of thiophene rings is 1. The predicted molar refractivity (Wildman–Crippen MR) is 187 cm³/mol. The molecule has 0 unspecified atom stereocenters. The van der Waals surface area contributed by atoms with Crippen LogP contribution >= 0.6 is 11.3 Å². The number of nitrogens with zero attached hydrogens (tertiary/aromatic N) is 4. The molecular weight excluding hydrogens is 569 g/mol. The average molecular weight is 593 g/mol. The van der Waals surface area contributed by atoms with Crippen molar-refractivity contribution in [1.82, 2.24) is 19.9 Å². The molecule has 3 heterocycles. The van der Waals surface area contributed by atoms with Gasteiger partial charge in [0, 0.05) is 58.6 Å². The minimum atomic E-state index is 0.626. The van der Waals surface area contributed by atoms with Crippen molar-refractivity contribution >= 4 is 53.2 Å². The van der Waals surface area contributed by atoms with Crippen LogP contribution < -0.4 is 0 Å². The number of hydrogen-bond acceptors (Lipinski definition) is 5. The topological polar surface area (TPSA) is 51.6 Å². The summed E-state index contributed by atoms with van der Waals surface area (Å²) in [6.45, 7) is 0. The van der Waals surface area contributed by atoms with E-state index >= 15 is 0 Å². The zero-order valence-corrected chi connectivity index (χ0v) is 24.9. The Morgan fingerprint density at radius 2 is 0.933 bits per heavy atom. The lowest BCUT2D eigenvalue weighted by Crippen LogP contribution is -2.00. The third-order valence-corrected chi connectivity index (χ3v) is 9.51. The van der Waals surface area contributed by atoms with Crippen molar-refractivity contribution in [2.45, 2.75) is 0 Å². The van der Waals surface area contributed by atoms with Crippen LogP contribution in [0, 0.1) is 0 Å². The molecule has 0 radical (unpaired) electrons. The quantitative estimate of drug-likeness (QED) is 0.191. The summed E-state index contributed by atoms with van der Waals surface area (Å²) in [6, 6.07) is 50.2. The van der Waals surface area contributed by atoms with E-state index in [1.54, 1.807) is 0 Å². The van der Waals surface area contributed by atoms with Gasteiger partial charge in [-0.2, -0.15) is 0 Å². The fourth-order valence-corrected chi connectivity index (χ4v) is 7.44. The summed E-state index contributed by atoms with van der Waals surface area (Å²) >= 11 is 1.85. The zero-order valence-electron chi connectivity index (χ0n) is 24.1. The maximum absolute atomic E-state index is 5.25. The summed E-state index contributed by atoms with van der Waals surface area (Å²) in [5, 5.41) is 6.13. The number of rotatable bonds is 4. The summed E-state index contributed by atoms with van der Waals surface area (Å²) < 4.78 is 2.59. The minimum Gasteiger partial charge on any atom is -0.247 e. The van der Waals surface area contributed by atoms with Gasteiger partial charge in [0.25, 0.3) is 0 Å². The van der Waals surface area contributed by atoms with Crippen LogP contribution in [0.1, 0.15) is 0 Å². The fraction of sp³-hybridized carbons (Fsp3) is 0. The van der Waals surface area contributed by atoms with E-state index < -0.39 is 0 Å². The van der Waals surface area contributed by atoms with Gasteiger partial charge in [-0.05, 0) is 18.2 Å². The predicted octanol–water partition coefficient (Wildman–Crippen LogP) is 10.6. The van der Waals surface area contributed by atoms with Gasteiger partial charge in [0.2, 0.25) is 0 Å². The van der Waals surface area contributed by atoms with Crippen LogP contribution in [0.5, 0.6) is 0 Å². The van der Waals surface area contributed by atoms with Gasteiger partial charge in [0.05, 0.1) is 11.2 Å². The Morgan fingerprint density at radius 3 is 1.67 bits per heavy atom. The molecule has 4 nitrogen and oxygen atoms in total. The molecule has 6 aromatic carbocycles. The van der Waals surface area contributed by atoms with Crippen molar-refractivity contribution in [3.63, 3.8) is 0 Å². The van der Waals surface area contributed by atoms with Gasteiger partial charge in [0.1, 0.15) is 0 Å². The average Bonchev–Trinajstić information content (AvgIpc) is 3.51. The minimum absolute atomic E-state index is 0.626. The first-order valence-electron chi connectivity index (χ1n) is 14.9. The Labute approximate surface area is 263 Å².